The first-order valence-electron chi connectivity index (χ1n) is 4.61. The molecule has 76 valence electrons. The van der Waals surface area contributed by atoms with Gasteiger partial charge in [0.2, 0.25) is 0 Å². The third-order valence-corrected chi connectivity index (χ3v) is 3.39. The van der Waals surface area contributed by atoms with Crippen molar-refractivity contribution in [1.29, 1.82) is 0 Å². The monoisotopic (exact) mass is 275 g/mol. The van der Waals surface area contributed by atoms with Gasteiger partial charge >= 0.3 is 0 Å². The lowest BCUT2D eigenvalue weighted by atomic mass is 10.2. The van der Waals surface area contributed by atoms with Gasteiger partial charge in [-0.15, -0.1) is 11.6 Å². The molecule has 0 spiro atoms. The van der Waals surface area contributed by atoms with Crippen molar-refractivity contribution >= 4 is 33.3 Å². The highest BCUT2D eigenvalue weighted by Crippen LogP contribution is 2.29. The van der Waals surface area contributed by atoms with Crippen LogP contribution >= 0.6 is 27.5 Å². The molecule has 2 rings (SSSR count). The predicted octanol–water partition coefficient (Wildman–Crippen LogP) is 2.45. The van der Waals surface area contributed by atoms with E-state index in [2.05, 4.69) is 30.8 Å². The molecule has 1 aliphatic rings. The van der Waals surface area contributed by atoms with Crippen molar-refractivity contribution in [3.8, 4) is 0 Å². The lowest BCUT2D eigenvalue weighted by Gasteiger charge is -2.24. The Hall–Kier alpha value is -0.350. The second-order valence-corrected chi connectivity index (χ2v) is 4.50. The van der Waals surface area contributed by atoms with Crippen LogP contribution in [-0.2, 0) is 0 Å². The van der Waals surface area contributed by atoms with E-state index in [9.17, 15) is 0 Å². The standard InChI is InChI=1S/C9H11BrClN3/c10-8-5-12-6-13-9(8)14-3-1-2-7(14)4-11/h5-7H,1-4H2. The van der Waals surface area contributed by atoms with Crippen LogP contribution in [0.1, 0.15) is 12.8 Å². The van der Waals surface area contributed by atoms with Gasteiger partial charge in [-0.3, -0.25) is 0 Å². The van der Waals surface area contributed by atoms with Crippen LogP contribution < -0.4 is 4.90 Å². The Morgan fingerprint density at radius 2 is 2.50 bits per heavy atom. The van der Waals surface area contributed by atoms with Gasteiger partial charge in [0.1, 0.15) is 12.1 Å². The molecule has 1 aliphatic heterocycles. The second kappa shape index (κ2) is 4.45. The predicted molar refractivity (Wildman–Crippen MR) is 60.8 cm³/mol. The number of anilines is 1. The molecule has 0 aromatic carbocycles. The summed E-state index contributed by atoms with van der Waals surface area (Å²) in [6, 6.07) is 0.419. The van der Waals surface area contributed by atoms with Gasteiger partial charge in [0, 0.05) is 24.7 Å². The molecule has 1 atom stereocenters. The molecule has 1 saturated heterocycles. The van der Waals surface area contributed by atoms with Crippen LogP contribution in [0.4, 0.5) is 5.82 Å². The van der Waals surface area contributed by atoms with Crippen molar-refractivity contribution in [1.82, 2.24) is 9.97 Å². The Balaban J connectivity index is 2.26. The smallest absolute Gasteiger partial charge is 0.146 e. The first kappa shape index (κ1) is 10.2. The van der Waals surface area contributed by atoms with Gasteiger partial charge in [-0.1, -0.05) is 0 Å². The molecule has 0 radical (unpaired) electrons. The molecule has 5 heteroatoms. The average Bonchev–Trinajstić information content (AvgIpc) is 2.66. The van der Waals surface area contributed by atoms with Crippen molar-refractivity contribution < 1.29 is 0 Å². The zero-order valence-corrected chi connectivity index (χ0v) is 10.00. The van der Waals surface area contributed by atoms with Crippen LogP contribution in [0.15, 0.2) is 17.0 Å². The quantitative estimate of drug-likeness (QED) is 0.777. The van der Waals surface area contributed by atoms with Gasteiger partial charge in [0.15, 0.2) is 0 Å². The minimum Gasteiger partial charge on any atom is -0.351 e. The van der Waals surface area contributed by atoms with Crippen LogP contribution in [-0.4, -0.2) is 28.4 Å². The van der Waals surface area contributed by atoms with Crippen molar-refractivity contribution in [2.45, 2.75) is 18.9 Å². The Bertz CT molecular complexity index is 321. The molecule has 3 nitrogen and oxygen atoms in total. The third-order valence-electron chi connectivity index (χ3n) is 2.48. The molecule has 1 unspecified atom stereocenters. The normalized spacial score (nSPS) is 21.6. The lowest BCUT2D eigenvalue weighted by Crippen LogP contribution is -2.31. The number of aromatic nitrogens is 2. The van der Waals surface area contributed by atoms with E-state index in [0.717, 1.165) is 23.3 Å². The van der Waals surface area contributed by atoms with Gasteiger partial charge in [0.05, 0.1) is 4.47 Å². The Labute approximate surface area is 96.6 Å². The molecular formula is C9H11BrClN3. The van der Waals surface area contributed by atoms with Gasteiger partial charge in [-0.2, -0.15) is 0 Å². The van der Waals surface area contributed by atoms with E-state index in [-0.39, 0.29) is 0 Å². The molecule has 0 aliphatic carbocycles. The van der Waals surface area contributed by atoms with E-state index < -0.39 is 0 Å². The van der Waals surface area contributed by atoms with E-state index in [4.69, 9.17) is 11.6 Å². The molecular weight excluding hydrogens is 265 g/mol. The fourth-order valence-electron chi connectivity index (χ4n) is 1.79. The van der Waals surface area contributed by atoms with Gasteiger partial charge < -0.3 is 4.90 Å². The summed E-state index contributed by atoms with van der Waals surface area (Å²) in [5.41, 5.74) is 0. The van der Waals surface area contributed by atoms with Gasteiger partial charge in [0.25, 0.3) is 0 Å². The van der Waals surface area contributed by atoms with Crippen molar-refractivity contribution in [2.24, 2.45) is 0 Å². The fourth-order valence-corrected chi connectivity index (χ4v) is 2.56. The highest BCUT2D eigenvalue weighted by atomic mass is 79.9. The Kier molecular flexibility index (Phi) is 3.23. The summed E-state index contributed by atoms with van der Waals surface area (Å²) >= 11 is 9.36. The number of hydrogen-bond acceptors (Lipinski definition) is 3. The number of hydrogen-bond donors (Lipinski definition) is 0. The van der Waals surface area contributed by atoms with E-state index in [0.29, 0.717) is 11.9 Å². The average molecular weight is 277 g/mol. The lowest BCUT2D eigenvalue weighted by molar-refractivity contribution is 0.731. The summed E-state index contributed by atoms with van der Waals surface area (Å²) in [6.07, 6.45) is 5.68. The molecule has 0 saturated carbocycles. The maximum absolute atomic E-state index is 5.90. The van der Waals surface area contributed by atoms with Crippen LogP contribution in [0, 0.1) is 0 Å². The largest absolute Gasteiger partial charge is 0.351 e. The summed E-state index contributed by atoms with van der Waals surface area (Å²) in [4.78, 5) is 10.5. The SMILES string of the molecule is ClCC1CCCN1c1ncncc1Br. The fraction of sp³-hybridized carbons (Fsp3) is 0.556. The van der Waals surface area contributed by atoms with Crippen molar-refractivity contribution in [3.05, 3.63) is 17.0 Å². The third kappa shape index (κ3) is 1.86. The van der Waals surface area contributed by atoms with Crippen LogP contribution in [0.5, 0.6) is 0 Å². The van der Waals surface area contributed by atoms with Crippen molar-refractivity contribution in [3.63, 3.8) is 0 Å². The van der Waals surface area contributed by atoms with Crippen LogP contribution in [0.2, 0.25) is 0 Å². The summed E-state index contributed by atoms with van der Waals surface area (Å²) in [6.45, 7) is 1.03. The molecule has 1 aromatic heterocycles. The number of alkyl halides is 1. The number of nitrogens with zero attached hydrogens (tertiary/aromatic N) is 3. The molecule has 0 bridgehead atoms. The minimum atomic E-state index is 0.419. The van der Waals surface area contributed by atoms with Crippen molar-refractivity contribution in [2.75, 3.05) is 17.3 Å². The van der Waals surface area contributed by atoms with Gasteiger partial charge in [-0.05, 0) is 28.8 Å². The molecule has 0 N–H and O–H groups in total. The van der Waals surface area contributed by atoms with Crippen LogP contribution in [0.3, 0.4) is 0 Å². The summed E-state index contributed by atoms with van der Waals surface area (Å²) in [5.74, 6) is 1.62. The highest BCUT2D eigenvalue weighted by Gasteiger charge is 2.25. The first-order chi connectivity index (χ1) is 6.83. The molecule has 2 heterocycles. The van der Waals surface area contributed by atoms with E-state index >= 15 is 0 Å². The summed E-state index contributed by atoms with van der Waals surface area (Å²) in [7, 11) is 0. The molecule has 14 heavy (non-hydrogen) atoms. The maximum Gasteiger partial charge on any atom is 0.146 e. The zero-order chi connectivity index (χ0) is 9.97. The second-order valence-electron chi connectivity index (χ2n) is 3.34. The zero-order valence-electron chi connectivity index (χ0n) is 7.66. The maximum atomic E-state index is 5.90. The Morgan fingerprint density at radius 1 is 1.64 bits per heavy atom. The van der Waals surface area contributed by atoms with E-state index in [1.54, 1.807) is 12.5 Å². The number of rotatable bonds is 2. The minimum absolute atomic E-state index is 0.419. The van der Waals surface area contributed by atoms with E-state index in [1.165, 1.54) is 6.42 Å². The topological polar surface area (TPSA) is 29.0 Å². The van der Waals surface area contributed by atoms with Gasteiger partial charge in [-0.25, -0.2) is 9.97 Å². The van der Waals surface area contributed by atoms with Crippen LogP contribution in [0.25, 0.3) is 0 Å². The summed E-state index contributed by atoms with van der Waals surface area (Å²) in [5, 5.41) is 0. The molecule has 1 aromatic rings. The Morgan fingerprint density at radius 3 is 3.21 bits per heavy atom. The highest BCUT2D eigenvalue weighted by molar-refractivity contribution is 9.10. The first-order valence-corrected chi connectivity index (χ1v) is 5.94. The van der Waals surface area contributed by atoms with E-state index in [1.807, 2.05) is 0 Å². The molecule has 1 fully saturated rings. The number of halogens is 2. The summed E-state index contributed by atoms with van der Waals surface area (Å²) < 4.78 is 0.942. The molecule has 0 amide bonds.